The second kappa shape index (κ2) is 12.1. The lowest BCUT2D eigenvalue weighted by Crippen LogP contribution is -2.57. The predicted octanol–water partition coefficient (Wildman–Crippen LogP) is 6.86. The monoisotopic (exact) mass is 611 g/mol. The van der Waals surface area contributed by atoms with E-state index < -0.39 is 12.1 Å². The number of para-hydroxylation sites is 1. The van der Waals surface area contributed by atoms with Crippen LogP contribution in [0.5, 0.6) is 0 Å². The number of pyridine rings is 1. The second-order valence-corrected chi connectivity index (χ2v) is 12.7. The van der Waals surface area contributed by atoms with Crippen LogP contribution in [0.1, 0.15) is 53.4 Å². The van der Waals surface area contributed by atoms with Gasteiger partial charge in [0.1, 0.15) is 11.9 Å². The summed E-state index contributed by atoms with van der Waals surface area (Å²) in [5, 5.41) is 1.10. The Bertz CT molecular complexity index is 1890. The van der Waals surface area contributed by atoms with Gasteiger partial charge in [-0.2, -0.15) is 0 Å². The van der Waals surface area contributed by atoms with Gasteiger partial charge in [-0.3, -0.25) is 9.59 Å². The highest BCUT2D eigenvalue weighted by atomic mass is 16.2. The number of amides is 2. The third-order valence-corrected chi connectivity index (χ3v) is 10.0. The van der Waals surface area contributed by atoms with Crippen molar-refractivity contribution in [3.8, 4) is 11.3 Å². The number of rotatable bonds is 7. The molecule has 7 nitrogen and oxygen atoms in total. The molecule has 2 aromatic heterocycles. The zero-order valence-corrected chi connectivity index (χ0v) is 27.1. The van der Waals surface area contributed by atoms with Crippen LogP contribution in [-0.2, 0) is 11.8 Å². The molecule has 2 amide bonds. The number of aromatic nitrogens is 2. The molecule has 0 saturated carbocycles. The third kappa shape index (κ3) is 4.95. The number of hydrogen-bond acceptors (Lipinski definition) is 4. The summed E-state index contributed by atoms with van der Waals surface area (Å²) in [6.45, 7) is 8.91. The molecule has 1 saturated heterocycles. The Labute approximate surface area is 271 Å². The Kier molecular flexibility index (Phi) is 7.85. The van der Waals surface area contributed by atoms with Gasteiger partial charge in [-0.1, -0.05) is 92.6 Å². The van der Waals surface area contributed by atoms with E-state index in [1.54, 1.807) is 6.20 Å². The van der Waals surface area contributed by atoms with E-state index in [0.29, 0.717) is 31.7 Å². The van der Waals surface area contributed by atoms with Crippen molar-refractivity contribution in [1.29, 1.82) is 0 Å². The summed E-state index contributed by atoms with van der Waals surface area (Å²) in [5.74, 6) is 0.838. The number of hydrogen-bond donors (Lipinski definition) is 0. The minimum absolute atomic E-state index is 0.0262. The Morgan fingerprint density at radius 1 is 0.891 bits per heavy atom. The van der Waals surface area contributed by atoms with Gasteiger partial charge in [0.2, 0.25) is 5.91 Å². The van der Waals surface area contributed by atoms with E-state index in [1.807, 2.05) is 46.2 Å². The molecule has 3 atom stereocenters. The molecule has 3 aromatic carbocycles. The molecule has 7 heteroatoms. The van der Waals surface area contributed by atoms with Crippen molar-refractivity contribution in [2.45, 2.75) is 39.3 Å². The normalized spacial score (nSPS) is 17.8. The maximum Gasteiger partial charge on any atom is 0.255 e. The number of carbonyl (C=O) groups excluding carboxylic acids is 2. The van der Waals surface area contributed by atoms with Crippen molar-refractivity contribution in [2.75, 3.05) is 31.1 Å². The molecule has 46 heavy (non-hydrogen) atoms. The zero-order valence-electron chi connectivity index (χ0n) is 27.1. The molecular formula is C39H41N5O2. The van der Waals surface area contributed by atoms with Gasteiger partial charge in [-0.05, 0) is 48.2 Å². The Hall–Kier alpha value is -4.91. The molecule has 1 fully saturated rings. The average molecular weight is 612 g/mol. The van der Waals surface area contributed by atoms with Gasteiger partial charge in [0, 0.05) is 61.5 Å². The average Bonchev–Trinajstić information content (AvgIpc) is 3.55. The van der Waals surface area contributed by atoms with Gasteiger partial charge in [-0.25, -0.2) is 4.98 Å². The number of fused-ring (bicyclic) bond motifs is 2. The van der Waals surface area contributed by atoms with Crippen molar-refractivity contribution in [2.24, 2.45) is 13.0 Å². The maximum atomic E-state index is 14.8. The Morgan fingerprint density at radius 2 is 1.59 bits per heavy atom. The summed E-state index contributed by atoms with van der Waals surface area (Å²) in [4.78, 5) is 40.0. The molecule has 0 radical (unpaired) electrons. The van der Waals surface area contributed by atoms with Crippen LogP contribution < -0.4 is 4.90 Å². The van der Waals surface area contributed by atoms with E-state index in [1.165, 1.54) is 5.56 Å². The lowest BCUT2D eigenvalue weighted by molar-refractivity contribution is -0.138. The lowest BCUT2D eigenvalue weighted by atomic mass is 9.90. The molecule has 4 heterocycles. The molecule has 7 rings (SSSR count). The van der Waals surface area contributed by atoms with Crippen LogP contribution in [0.25, 0.3) is 22.2 Å². The van der Waals surface area contributed by atoms with Crippen LogP contribution in [0.4, 0.5) is 5.82 Å². The van der Waals surface area contributed by atoms with E-state index in [9.17, 15) is 9.59 Å². The molecular weight excluding hydrogens is 570 g/mol. The molecule has 5 aromatic rings. The van der Waals surface area contributed by atoms with Crippen molar-refractivity contribution in [1.82, 2.24) is 19.4 Å². The van der Waals surface area contributed by atoms with E-state index in [-0.39, 0.29) is 17.7 Å². The summed E-state index contributed by atoms with van der Waals surface area (Å²) in [6.07, 6.45) is 2.58. The second-order valence-electron chi connectivity index (χ2n) is 12.7. The molecule has 234 valence electrons. The van der Waals surface area contributed by atoms with Gasteiger partial charge in [0.25, 0.3) is 5.91 Å². The van der Waals surface area contributed by atoms with Gasteiger partial charge in [-0.15, -0.1) is 0 Å². The van der Waals surface area contributed by atoms with Gasteiger partial charge >= 0.3 is 0 Å². The summed E-state index contributed by atoms with van der Waals surface area (Å²) < 4.78 is 2.25. The first-order valence-electron chi connectivity index (χ1n) is 16.4. The molecule has 3 unspecified atom stereocenters. The van der Waals surface area contributed by atoms with Crippen LogP contribution in [0.15, 0.2) is 97.2 Å². The number of benzene rings is 3. The largest absolute Gasteiger partial charge is 0.353 e. The molecule has 2 aliphatic heterocycles. The minimum Gasteiger partial charge on any atom is -0.353 e. The summed E-state index contributed by atoms with van der Waals surface area (Å²) in [6, 6.07) is 29.9. The fourth-order valence-corrected chi connectivity index (χ4v) is 7.42. The molecule has 0 N–H and O–H groups in total. The molecule has 0 bridgehead atoms. The molecule has 0 spiro atoms. The summed E-state index contributed by atoms with van der Waals surface area (Å²) >= 11 is 0. The maximum absolute atomic E-state index is 14.8. The first-order valence-corrected chi connectivity index (χ1v) is 16.4. The Morgan fingerprint density at radius 3 is 2.30 bits per heavy atom. The summed E-state index contributed by atoms with van der Waals surface area (Å²) in [5.41, 5.74) is 7.16. The van der Waals surface area contributed by atoms with Gasteiger partial charge < -0.3 is 19.3 Å². The first kappa shape index (κ1) is 29.8. The van der Waals surface area contributed by atoms with Gasteiger partial charge in [0.05, 0.1) is 11.7 Å². The number of nitrogens with zero attached hydrogens (tertiary/aromatic N) is 5. The number of aryl methyl sites for hydroxylation is 2. The van der Waals surface area contributed by atoms with E-state index in [2.05, 4.69) is 96.9 Å². The molecule has 0 aliphatic carbocycles. The van der Waals surface area contributed by atoms with Crippen molar-refractivity contribution in [3.05, 3.63) is 119 Å². The van der Waals surface area contributed by atoms with E-state index in [0.717, 1.165) is 45.5 Å². The highest BCUT2D eigenvalue weighted by molar-refractivity contribution is 6.04. The topological polar surface area (TPSA) is 61.7 Å². The standard InChI is InChI=1S/C39H41N5O2/c1-5-27(3)35(39(46)43-24-22-42(23-25-43)33-16-10-11-21-40-33)44-37(29-12-6-7-13-30(29)38(44)45)34-31-14-8-9-15-32(31)41(4)36(34)28-19-17-26(2)18-20-28/h6-21,27,35,37H,5,22-25H2,1-4H3. The fraction of sp³-hybridized carbons (Fsp3) is 0.308. The molecule has 2 aliphatic rings. The van der Waals surface area contributed by atoms with Crippen LogP contribution in [0, 0.1) is 12.8 Å². The minimum atomic E-state index is -0.610. The van der Waals surface area contributed by atoms with Crippen LogP contribution in [0.3, 0.4) is 0 Å². The highest BCUT2D eigenvalue weighted by Gasteiger charge is 2.48. The van der Waals surface area contributed by atoms with Crippen molar-refractivity contribution >= 4 is 28.5 Å². The van der Waals surface area contributed by atoms with Crippen LogP contribution >= 0.6 is 0 Å². The van der Waals surface area contributed by atoms with Gasteiger partial charge in [0.15, 0.2) is 0 Å². The van der Waals surface area contributed by atoms with Crippen molar-refractivity contribution in [3.63, 3.8) is 0 Å². The Balaban J connectivity index is 1.35. The van der Waals surface area contributed by atoms with E-state index in [4.69, 9.17) is 0 Å². The highest BCUT2D eigenvalue weighted by Crippen LogP contribution is 2.48. The number of carbonyl (C=O) groups is 2. The summed E-state index contributed by atoms with van der Waals surface area (Å²) in [7, 11) is 2.10. The zero-order chi connectivity index (χ0) is 31.9. The van der Waals surface area contributed by atoms with E-state index >= 15 is 0 Å². The smallest absolute Gasteiger partial charge is 0.255 e. The lowest BCUT2D eigenvalue weighted by Gasteiger charge is -2.42. The number of piperazine rings is 1. The SMILES string of the molecule is CCC(C)C(C(=O)N1CCN(c2ccccn2)CC1)N1C(=O)c2ccccc2C1c1c(-c2ccc(C)cc2)n(C)c2ccccc12. The number of anilines is 1. The first-order chi connectivity index (χ1) is 22.4. The van der Waals surface area contributed by atoms with Crippen LogP contribution in [-0.4, -0.2) is 63.4 Å². The fourth-order valence-electron chi connectivity index (χ4n) is 7.42. The van der Waals surface area contributed by atoms with Crippen molar-refractivity contribution < 1.29 is 9.59 Å². The predicted molar refractivity (Wildman–Crippen MR) is 184 cm³/mol. The third-order valence-electron chi connectivity index (χ3n) is 10.0. The quantitative estimate of drug-likeness (QED) is 0.202. The van der Waals surface area contributed by atoms with Crippen LogP contribution in [0.2, 0.25) is 0 Å².